The van der Waals surface area contributed by atoms with Crippen LogP contribution in [-0.4, -0.2) is 5.97 Å². The van der Waals surface area contributed by atoms with Crippen molar-refractivity contribution in [3.05, 3.63) is 34.9 Å². The van der Waals surface area contributed by atoms with Gasteiger partial charge in [-0.2, -0.15) is 0 Å². The molecule has 1 aliphatic rings. The number of hydrogen-bond donors (Lipinski definition) is 0. The van der Waals surface area contributed by atoms with Gasteiger partial charge < -0.3 is 4.74 Å². The molecule has 1 saturated heterocycles. The van der Waals surface area contributed by atoms with Gasteiger partial charge in [0.15, 0.2) is 0 Å². The number of carbonyl (C=O) groups excluding carboxylic acids is 1. The van der Waals surface area contributed by atoms with E-state index in [9.17, 15) is 4.79 Å². The van der Waals surface area contributed by atoms with Gasteiger partial charge in [-0.05, 0) is 24.6 Å². The predicted molar refractivity (Wildman–Crippen MR) is 49.4 cm³/mol. The molecule has 2 rings (SSSR count). The summed E-state index contributed by atoms with van der Waals surface area (Å²) in [5.74, 6) is -0.177. The van der Waals surface area contributed by atoms with E-state index in [-0.39, 0.29) is 18.0 Å². The molecule has 0 unspecified atom stereocenters. The van der Waals surface area contributed by atoms with Crippen molar-refractivity contribution in [1.82, 2.24) is 0 Å². The third-order valence-corrected chi connectivity index (χ3v) is 2.48. The Bertz CT molecular complexity index is 349. The number of hydrogen-bond acceptors (Lipinski definition) is 2. The smallest absolute Gasteiger partial charge is 0.313 e. The molecule has 0 spiro atoms. The third kappa shape index (κ3) is 1.42. The van der Waals surface area contributed by atoms with Gasteiger partial charge in [0.1, 0.15) is 6.10 Å². The quantitative estimate of drug-likeness (QED) is 0.646. The van der Waals surface area contributed by atoms with Crippen LogP contribution >= 0.6 is 11.6 Å². The fraction of sp³-hybridized carbons (Fsp3) is 0.300. The van der Waals surface area contributed by atoms with Crippen molar-refractivity contribution in [3.8, 4) is 0 Å². The Labute approximate surface area is 81.5 Å². The normalized spacial score (nSPS) is 26.5. The second-order valence-electron chi connectivity index (χ2n) is 3.20. The zero-order valence-corrected chi connectivity index (χ0v) is 7.91. The minimum absolute atomic E-state index is 0.0431. The number of cyclic esters (lactones) is 1. The summed E-state index contributed by atoms with van der Waals surface area (Å²) in [5, 5.41) is 0.674. The zero-order valence-electron chi connectivity index (χ0n) is 7.16. The molecule has 1 fully saturated rings. The summed E-state index contributed by atoms with van der Waals surface area (Å²) in [5.41, 5.74) is 0.972. The fourth-order valence-electron chi connectivity index (χ4n) is 1.43. The Morgan fingerprint density at radius 3 is 2.77 bits per heavy atom. The van der Waals surface area contributed by atoms with Crippen molar-refractivity contribution in [2.24, 2.45) is 5.92 Å². The second kappa shape index (κ2) is 3.04. The number of benzene rings is 1. The van der Waals surface area contributed by atoms with E-state index in [1.54, 1.807) is 6.07 Å². The summed E-state index contributed by atoms with van der Waals surface area (Å²) in [6.07, 6.45) is -0.105. The van der Waals surface area contributed by atoms with Gasteiger partial charge in [0, 0.05) is 5.02 Å². The van der Waals surface area contributed by atoms with Crippen LogP contribution in [0.1, 0.15) is 18.6 Å². The van der Waals surface area contributed by atoms with Crippen LogP contribution in [0.5, 0.6) is 0 Å². The minimum atomic E-state index is -0.134. The lowest BCUT2D eigenvalue weighted by Gasteiger charge is -2.32. The Morgan fingerprint density at radius 1 is 1.46 bits per heavy atom. The summed E-state index contributed by atoms with van der Waals surface area (Å²) >= 11 is 5.81. The maximum absolute atomic E-state index is 10.8. The molecule has 2 nitrogen and oxygen atoms in total. The molecule has 3 heteroatoms. The van der Waals surface area contributed by atoms with Crippen LogP contribution in [0.15, 0.2) is 24.3 Å². The van der Waals surface area contributed by atoms with E-state index >= 15 is 0 Å². The first-order chi connectivity index (χ1) is 6.18. The molecule has 0 aromatic heterocycles. The van der Waals surface area contributed by atoms with Gasteiger partial charge in [-0.25, -0.2) is 0 Å². The maximum Gasteiger partial charge on any atom is 0.313 e. The topological polar surface area (TPSA) is 26.3 Å². The largest absolute Gasteiger partial charge is 0.456 e. The first-order valence-electron chi connectivity index (χ1n) is 4.14. The number of ether oxygens (including phenoxy) is 1. The molecule has 0 bridgehead atoms. The number of carbonyl (C=O) groups is 1. The molecule has 0 aliphatic carbocycles. The highest BCUT2D eigenvalue weighted by Gasteiger charge is 2.39. The average molecular weight is 197 g/mol. The highest BCUT2D eigenvalue weighted by atomic mass is 35.5. The number of esters is 1. The summed E-state index contributed by atoms with van der Waals surface area (Å²) in [4.78, 5) is 10.8. The monoisotopic (exact) mass is 196 g/mol. The summed E-state index contributed by atoms with van der Waals surface area (Å²) in [6, 6.07) is 7.40. The van der Waals surface area contributed by atoms with Gasteiger partial charge >= 0.3 is 5.97 Å². The van der Waals surface area contributed by atoms with Gasteiger partial charge in [-0.1, -0.05) is 23.7 Å². The number of rotatable bonds is 1. The van der Waals surface area contributed by atoms with Crippen molar-refractivity contribution < 1.29 is 9.53 Å². The Hall–Kier alpha value is -1.02. The molecular formula is C10H9ClO2. The van der Waals surface area contributed by atoms with E-state index < -0.39 is 0 Å². The van der Waals surface area contributed by atoms with Crippen LogP contribution in [0.4, 0.5) is 0 Å². The first-order valence-corrected chi connectivity index (χ1v) is 4.52. The lowest BCUT2D eigenvalue weighted by atomic mass is 9.93. The highest BCUT2D eigenvalue weighted by molar-refractivity contribution is 6.30. The van der Waals surface area contributed by atoms with E-state index in [1.165, 1.54) is 0 Å². The Balaban J connectivity index is 2.23. The van der Waals surface area contributed by atoms with Gasteiger partial charge in [0.2, 0.25) is 0 Å². The Kier molecular flexibility index (Phi) is 2.00. The SMILES string of the molecule is C[C@@H]1C(=O)O[C@H]1c1cccc(Cl)c1. The molecule has 0 amide bonds. The summed E-state index contributed by atoms with van der Waals surface area (Å²) in [6.45, 7) is 1.86. The van der Waals surface area contributed by atoms with Crippen LogP contribution < -0.4 is 0 Å². The van der Waals surface area contributed by atoms with Crippen molar-refractivity contribution in [2.45, 2.75) is 13.0 Å². The summed E-state index contributed by atoms with van der Waals surface area (Å²) < 4.78 is 4.99. The van der Waals surface area contributed by atoms with E-state index in [4.69, 9.17) is 16.3 Å². The van der Waals surface area contributed by atoms with E-state index in [2.05, 4.69) is 0 Å². The van der Waals surface area contributed by atoms with Crippen molar-refractivity contribution in [3.63, 3.8) is 0 Å². The average Bonchev–Trinajstić information content (AvgIpc) is 2.13. The molecule has 2 atom stereocenters. The maximum atomic E-state index is 10.8. The molecule has 0 radical (unpaired) electrons. The van der Waals surface area contributed by atoms with Gasteiger partial charge in [0.25, 0.3) is 0 Å². The lowest BCUT2D eigenvalue weighted by Crippen LogP contribution is -2.36. The molecule has 1 heterocycles. The highest BCUT2D eigenvalue weighted by Crippen LogP contribution is 2.36. The third-order valence-electron chi connectivity index (χ3n) is 2.25. The molecule has 0 N–H and O–H groups in total. The first kappa shape index (κ1) is 8.57. The van der Waals surface area contributed by atoms with Crippen molar-refractivity contribution in [2.75, 3.05) is 0 Å². The second-order valence-corrected chi connectivity index (χ2v) is 3.64. The van der Waals surface area contributed by atoms with E-state index in [0.717, 1.165) is 5.56 Å². The van der Waals surface area contributed by atoms with Crippen LogP contribution in [0.3, 0.4) is 0 Å². The molecule has 1 aliphatic heterocycles. The molecular weight excluding hydrogens is 188 g/mol. The van der Waals surface area contributed by atoms with Gasteiger partial charge in [-0.3, -0.25) is 4.79 Å². The van der Waals surface area contributed by atoms with E-state index in [0.29, 0.717) is 5.02 Å². The van der Waals surface area contributed by atoms with Gasteiger partial charge in [0.05, 0.1) is 5.92 Å². The zero-order chi connectivity index (χ0) is 9.42. The van der Waals surface area contributed by atoms with E-state index in [1.807, 2.05) is 25.1 Å². The van der Waals surface area contributed by atoms with Crippen molar-refractivity contribution >= 4 is 17.6 Å². The predicted octanol–water partition coefficient (Wildman–Crippen LogP) is 2.57. The van der Waals surface area contributed by atoms with Gasteiger partial charge in [-0.15, -0.1) is 0 Å². The summed E-state index contributed by atoms with van der Waals surface area (Å²) in [7, 11) is 0. The molecule has 0 saturated carbocycles. The fourth-order valence-corrected chi connectivity index (χ4v) is 1.62. The van der Waals surface area contributed by atoms with Crippen LogP contribution in [0.25, 0.3) is 0 Å². The number of halogens is 1. The van der Waals surface area contributed by atoms with Crippen LogP contribution in [-0.2, 0) is 9.53 Å². The van der Waals surface area contributed by atoms with Crippen LogP contribution in [0.2, 0.25) is 5.02 Å². The molecule has 68 valence electrons. The minimum Gasteiger partial charge on any atom is -0.456 e. The van der Waals surface area contributed by atoms with Crippen LogP contribution in [0, 0.1) is 5.92 Å². The Morgan fingerprint density at radius 2 is 2.23 bits per heavy atom. The molecule has 1 aromatic rings. The standard InChI is InChI=1S/C10H9ClO2/c1-6-9(13-10(6)12)7-3-2-4-8(11)5-7/h2-6,9H,1H3/t6-,9+/m0/s1. The van der Waals surface area contributed by atoms with Crippen molar-refractivity contribution in [1.29, 1.82) is 0 Å². The lowest BCUT2D eigenvalue weighted by molar-refractivity contribution is -0.183. The molecule has 13 heavy (non-hydrogen) atoms. The molecule has 1 aromatic carbocycles.